The fraction of sp³-hybridized carbons (Fsp3) is 0.550. The highest BCUT2D eigenvalue weighted by atomic mass is 35.5. The molecule has 144 valence electrons. The van der Waals surface area contributed by atoms with Crippen molar-refractivity contribution in [3.8, 4) is 0 Å². The molecule has 4 aliphatic carbocycles. The molecule has 0 heterocycles. The first-order valence-corrected chi connectivity index (χ1v) is 9.95. The maximum atomic E-state index is 12.8. The van der Waals surface area contributed by atoms with Crippen molar-refractivity contribution in [1.82, 2.24) is 16.2 Å². The zero-order valence-corrected chi connectivity index (χ0v) is 15.8. The van der Waals surface area contributed by atoms with Gasteiger partial charge in [0, 0.05) is 5.41 Å². The molecule has 0 aromatic heterocycles. The Kier molecular flexibility index (Phi) is 4.84. The lowest BCUT2D eigenvalue weighted by Crippen LogP contribution is -2.55. The normalized spacial score (nSPS) is 30.6. The minimum absolute atomic E-state index is 0.00539. The second kappa shape index (κ2) is 7.15. The molecule has 0 aliphatic heterocycles. The van der Waals surface area contributed by atoms with Gasteiger partial charge in [-0.3, -0.25) is 25.2 Å². The van der Waals surface area contributed by atoms with Gasteiger partial charge in [-0.05, 0) is 68.4 Å². The summed E-state index contributed by atoms with van der Waals surface area (Å²) in [4.78, 5) is 36.9. The van der Waals surface area contributed by atoms with Gasteiger partial charge in [0.15, 0.2) is 0 Å². The first-order valence-electron chi connectivity index (χ1n) is 9.57. The SMILES string of the molecule is O=C(CNC(=O)C12CC3CC(CC(C3)C1)C2)NNC(=O)c1ccccc1Cl. The van der Waals surface area contributed by atoms with Gasteiger partial charge in [-0.25, -0.2) is 0 Å². The van der Waals surface area contributed by atoms with Crippen LogP contribution in [-0.2, 0) is 9.59 Å². The molecule has 1 aromatic carbocycles. The number of hydrogen-bond acceptors (Lipinski definition) is 3. The topological polar surface area (TPSA) is 87.3 Å². The van der Waals surface area contributed by atoms with E-state index in [1.807, 2.05) is 0 Å². The first kappa shape index (κ1) is 18.3. The molecule has 0 spiro atoms. The molecular weight excluding hydrogens is 366 g/mol. The van der Waals surface area contributed by atoms with Crippen LogP contribution < -0.4 is 16.2 Å². The van der Waals surface area contributed by atoms with Crippen molar-refractivity contribution in [3.05, 3.63) is 34.9 Å². The summed E-state index contributed by atoms with van der Waals surface area (Å²) >= 11 is 5.96. The number of rotatable bonds is 4. The third-order valence-corrected chi connectivity index (χ3v) is 6.69. The van der Waals surface area contributed by atoms with E-state index in [1.54, 1.807) is 24.3 Å². The Morgan fingerprint density at radius 1 is 0.963 bits per heavy atom. The highest BCUT2D eigenvalue weighted by molar-refractivity contribution is 6.33. The standard InChI is InChI=1S/C20H24ClN3O3/c21-16-4-2-1-3-15(16)18(26)24-23-17(25)11-22-19(27)20-8-12-5-13(9-20)7-14(6-12)10-20/h1-4,12-14H,5-11H2,(H,22,27)(H,23,25)(H,24,26). The fourth-order valence-electron chi connectivity index (χ4n) is 5.62. The van der Waals surface area contributed by atoms with E-state index in [0.29, 0.717) is 22.8 Å². The van der Waals surface area contributed by atoms with E-state index in [4.69, 9.17) is 11.6 Å². The van der Waals surface area contributed by atoms with Crippen molar-refractivity contribution in [1.29, 1.82) is 0 Å². The molecule has 5 rings (SSSR count). The quantitative estimate of drug-likeness (QED) is 0.691. The summed E-state index contributed by atoms with van der Waals surface area (Å²) < 4.78 is 0. The van der Waals surface area contributed by atoms with Crippen LogP contribution in [0.3, 0.4) is 0 Å². The van der Waals surface area contributed by atoms with Gasteiger partial charge < -0.3 is 5.32 Å². The monoisotopic (exact) mass is 389 g/mol. The summed E-state index contributed by atoms with van der Waals surface area (Å²) in [6.45, 7) is -0.149. The van der Waals surface area contributed by atoms with Crippen molar-refractivity contribution in [2.45, 2.75) is 38.5 Å². The molecule has 27 heavy (non-hydrogen) atoms. The Morgan fingerprint density at radius 2 is 1.56 bits per heavy atom. The van der Waals surface area contributed by atoms with Gasteiger partial charge in [-0.2, -0.15) is 0 Å². The highest BCUT2D eigenvalue weighted by Crippen LogP contribution is 2.60. The van der Waals surface area contributed by atoms with Crippen molar-refractivity contribution >= 4 is 29.3 Å². The highest BCUT2D eigenvalue weighted by Gasteiger charge is 2.54. The maximum absolute atomic E-state index is 12.8. The third-order valence-electron chi connectivity index (χ3n) is 6.36. The number of nitrogens with one attached hydrogen (secondary N) is 3. The lowest BCUT2D eigenvalue weighted by atomic mass is 9.49. The van der Waals surface area contributed by atoms with Crippen LogP contribution in [0.1, 0.15) is 48.9 Å². The number of hydrazine groups is 1. The smallest absolute Gasteiger partial charge is 0.271 e. The molecule has 4 bridgehead atoms. The molecule has 6 nitrogen and oxygen atoms in total. The van der Waals surface area contributed by atoms with Crippen molar-refractivity contribution < 1.29 is 14.4 Å². The van der Waals surface area contributed by atoms with Crippen LogP contribution in [0.25, 0.3) is 0 Å². The number of benzene rings is 1. The number of halogens is 1. The van der Waals surface area contributed by atoms with Crippen molar-refractivity contribution in [3.63, 3.8) is 0 Å². The largest absolute Gasteiger partial charge is 0.346 e. The van der Waals surface area contributed by atoms with Gasteiger partial charge in [0.2, 0.25) is 5.91 Å². The Labute approximate surface area is 163 Å². The number of hydrogen-bond donors (Lipinski definition) is 3. The molecule has 0 unspecified atom stereocenters. The van der Waals surface area contributed by atoms with E-state index < -0.39 is 11.8 Å². The summed E-state index contributed by atoms with van der Waals surface area (Å²) in [5.41, 5.74) is 4.64. The summed E-state index contributed by atoms with van der Waals surface area (Å²) in [5, 5.41) is 3.09. The van der Waals surface area contributed by atoms with Crippen LogP contribution in [0, 0.1) is 23.2 Å². The van der Waals surface area contributed by atoms with E-state index in [1.165, 1.54) is 19.3 Å². The molecule has 7 heteroatoms. The van der Waals surface area contributed by atoms with E-state index >= 15 is 0 Å². The number of carbonyl (C=O) groups is 3. The van der Waals surface area contributed by atoms with Gasteiger partial charge >= 0.3 is 0 Å². The summed E-state index contributed by atoms with van der Waals surface area (Å²) in [6, 6.07) is 6.58. The van der Waals surface area contributed by atoms with Crippen LogP contribution in [0.5, 0.6) is 0 Å². The van der Waals surface area contributed by atoms with Gasteiger partial charge in [0.1, 0.15) is 0 Å². The first-order chi connectivity index (χ1) is 12.9. The molecule has 3 N–H and O–H groups in total. The third kappa shape index (κ3) is 3.68. The number of carbonyl (C=O) groups excluding carboxylic acids is 3. The van der Waals surface area contributed by atoms with Crippen molar-refractivity contribution in [2.24, 2.45) is 23.2 Å². The zero-order valence-electron chi connectivity index (χ0n) is 15.1. The van der Waals surface area contributed by atoms with E-state index in [0.717, 1.165) is 19.3 Å². The zero-order chi connectivity index (χ0) is 19.0. The van der Waals surface area contributed by atoms with Crippen molar-refractivity contribution in [2.75, 3.05) is 6.54 Å². The predicted molar refractivity (Wildman–Crippen MR) is 101 cm³/mol. The molecule has 0 radical (unpaired) electrons. The number of amides is 3. The van der Waals surface area contributed by atoms with Crippen LogP contribution >= 0.6 is 11.6 Å². The molecule has 3 amide bonds. The van der Waals surface area contributed by atoms with Crippen LogP contribution in [0.2, 0.25) is 5.02 Å². The van der Waals surface area contributed by atoms with E-state index in [2.05, 4.69) is 16.2 Å². The average Bonchev–Trinajstić information content (AvgIpc) is 2.63. The minimum atomic E-state index is -0.499. The summed E-state index contributed by atoms with van der Waals surface area (Å²) in [6.07, 6.45) is 6.66. The van der Waals surface area contributed by atoms with Gasteiger partial charge in [0.05, 0.1) is 17.1 Å². The van der Waals surface area contributed by atoms with E-state index in [9.17, 15) is 14.4 Å². The maximum Gasteiger partial charge on any atom is 0.271 e. The van der Waals surface area contributed by atoms with Gasteiger partial charge in [0.25, 0.3) is 11.8 Å². The molecule has 1 aromatic rings. The lowest BCUT2D eigenvalue weighted by Gasteiger charge is -2.55. The Bertz CT molecular complexity index is 744. The van der Waals surface area contributed by atoms with Gasteiger partial charge in [-0.15, -0.1) is 0 Å². The molecule has 4 aliphatic rings. The molecule has 0 saturated heterocycles. The summed E-state index contributed by atoms with van der Waals surface area (Å²) in [5.74, 6) is 1.05. The van der Waals surface area contributed by atoms with Crippen LogP contribution in [-0.4, -0.2) is 24.3 Å². The second-order valence-corrected chi connectivity index (χ2v) is 8.77. The van der Waals surface area contributed by atoms with Crippen LogP contribution in [0.4, 0.5) is 0 Å². The molecule has 4 saturated carbocycles. The molecular formula is C20H24ClN3O3. The molecule has 0 atom stereocenters. The average molecular weight is 390 g/mol. The Hall–Kier alpha value is -2.08. The lowest BCUT2D eigenvalue weighted by molar-refractivity contribution is -0.147. The predicted octanol–water partition coefficient (Wildman–Crippen LogP) is 2.43. The fourth-order valence-corrected chi connectivity index (χ4v) is 5.84. The Morgan fingerprint density at radius 3 is 2.15 bits per heavy atom. The molecule has 4 fully saturated rings. The summed E-state index contributed by atoms with van der Waals surface area (Å²) in [7, 11) is 0. The second-order valence-electron chi connectivity index (χ2n) is 8.36. The van der Waals surface area contributed by atoms with Gasteiger partial charge in [-0.1, -0.05) is 23.7 Å². The minimum Gasteiger partial charge on any atom is -0.346 e. The van der Waals surface area contributed by atoms with E-state index in [-0.39, 0.29) is 23.4 Å². The Balaban J connectivity index is 1.27. The van der Waals surface area contributed by atoms with Crippen LogP contribution in [0.15, 0.2) is 24.3 Å².